The third-order valence-corrected chi connectivity index (χ3v) is 5.88. The molecule has 1 saturated heterocycles. The number of nitrogens with zero attached hydrogens (tertiary/aromatic N) is 1. The van der Waals surface area contributed by atoms with Crippen molar-refractivity contribution in [2.75, 3.05) is 18.4 Å². The number of nitrogens with one attached hydrogen (secondary N) is 1. The maximum Gasteiger partial charge on any atom is 0.227 e. The number of benzene rings is 2. The second-order valence-corrected chi connectivity index (χ2v) is 8.06. The Hall–Kier alpha value is -0.970. The Bertz CT molecular complexity index is 804. The van der Waals surface area contributed by atoms with E-state index in [4.69, 9.17) is 46.4 Å². The van der Waals surface area contributed by atoms with E-state index in [0.717, 1.165) is 38.0 Å². The largest absolute Gasteiger partial charge is 0.326 e. The van der Waals surface area contributed by atoms with Crippen LogP contribution in [0.25, 0.3) is 0 Å². The summed E-state index contributed by atoms with van der Waals surface area (Å²) in [5, 5.41) is 5.14. The molecule has 7 heteroatoms. The van der Waals surface area contributed by atoms with Gasteiger partial charge in [-0.1, -0.05) is 52.5 Å². The van der Waals surface area contributed by atoms with Crippen molar-refractivity contribution in [1.29, 1.82) is 0 Å². The molecule has 2 aromatic rings. The smallest absolute Gasteiger partial charge is 0.227 e. The van der Waals surface area contributed by atoms with Crippen molar-refractivity contribution in [3.63, 3.8) is 0 Å². The fraction of sp³-hybridized carbons (Fsp3) is 0.316. The maximum absolute atomic E-state index is 12.5. The fourth-order valence-electron chi connectivity index (χ4n) is 3.06. The van der Waals surface area contributed by atoms with Gasteiger partial charge in [-0.25, -0.2) is 0 Å². The van der Waals surface area contributed by atoms with Gasteiger partial charge in [-0.15, -0.1) is 0 Å². The Morgan fingerprint density at radius 1 is 0.962 bits per heavy atom. The predicted octanol–water partition coefficient (Wildman–Crippen LogP) is 6.15. The molecule has 1 heterocycles. The number of amides is 1. The minimum Gasteiger partial charge on any atom is -0.326 e. The first-order chi connectivity index (χ1) is 12.4. The lowest BCUT2D eigenvalue weighted by atomic mass is 9.95. The van der Waals surface area contributed by atoms with Gasteiger partial charge in [-0.3, -0.25) is 9.69 Å². The normalized spacial score (nSPS) is 15.8. The van der Waals surface area contributed by atoms with Crippen molar-refractivity contribution in [3.05, 3.63) is 62.1 Å². The maximum atomic E-state index is 12.5. The van der Waals surface area contributed by atoms with E-state index in [2.05, 4.69) is 10.2 Å². The number of hydrogen-bond donors (Lipinski definition) is 1. The number of carbonyl (C=O) groups excluding carboxylic acids is 1. The summed E-state index contributed by atoms with van der Waals surface area (Å²) in [7, 11) is 0. The van der Waals surface area contributed by atoms with Crippen LogP contribution in [0.2, 0.25) is 20.1 Å². The van der Waals surface area contributed by atoms with Crippen LogP contribution in [0.4, 0.5) is 5.69 Å². The zero-order valence-electron chi connectivity index (χ0n) is 13.9. The van der Waals surface area contributed by atoms with E-state index in [1.165, 1.54) is 0 Å². The Balaban J connectivity index is 1.52. The number of anilines is 1. The Morgan fingerprint density at radius 3 is 2.35 bits per heavy atom. The lowest BCUT2D eigenvalue weighted by Gasteiger charge is -2.31. The second-order valence-electron chi connectivity index (χ2n) is 6.40. The topological polar surface area (TPSA) is 32.3 Å². The first-order valence-electron chi connectivity index (χ1n) is 8.34. The summed E-state index contributed by atoms with van der Waals surface area (Å²) < 4.78 is 0. The minimum absolute atomic E-state index is 0.0126. The SMILES string of the molecule is O=C(Nc1ccc(Cl)c(Cl)c1)C1CCN(Cc2ccc(Cl)cc2Cl)CC1. The molecule has 0 radical (unpaired) electrons. The van der Waals surface area contributed by atoms with Crippen molar-refractivity contribution in [3.8, 4) is 0 Å². The number of likely N-dealkylation sites (tertiary alicyclic amines) is 1. The first-order valence-corrected chi connectivity index (χ1v) is 9.86. The van der Waals surface area contributed by atoms with E-state index < -0.39 is 0 Å². The summed E-state index contributed by atoms with van der Waals surface area (Å²) in [5.74, 6) is 0.00829. The van der Waals surface area contributed by atoms with Gasteiger partial charge in [-0.05, 0) is 61.8 Å². The Kier molecular flexibility index (Phi) is 6.70. The van der Waals surface area contributed by atoms with Crippen LogP contribution in [0.3, 0.4) is 0 Å². The monoisotopic (exact) mass is 430 g/mol. The van der Waals surface area contributed by atoms with Gasteiger partial charge < -0.3 is 5.32 Å². The van der Waals surface area contributed by atoms with Crippen LogP contribution in [-0.2, 0) is 11.3 Å². The molecule has 2 aromatic carbocycles. The highest BCUT2D eigenvalue weighted by molar-refractivity contribution is 6.42. The number of rotatable bonds is 4. The van der Waals surface area contributed by atoms with Crippen molar-refractivity contribution < 1.29 is 4.79 Å². The summed E-state index contributed by atoms with van der Waals surface area (Å²) in [6.07, 6.45) is 1.61. The molecule has 0 atom stereocenters. The third kappa shape index (κ3) is 5.05. The molecule has 0 unspecified atom stereocenters. The zero-order chi connectivity index (χ0) is 18.7. The molecule has 26 heavy (non-hydrogen) atoms. The van der Waals surface area contributed by atoms with Crippen LogP contribution in [0.1, 0.15) is 18.4 Å². The van der Waals surface area contributed by atoms with Gasteiger partial charge in [0.25, 0.3) is 0 Å². The quantitative estimate of drug-likeness (QED) is 0.629. The number of piperidine rings is 1. The highest BCUT2D eigenvalue weighted by Crippen LogP contribution is 2.27. The number of halogens is 4. The predicted molar refractivity (Wildman–Crippen MR) is 110 cm³/mol. The van der Waals surface area contributed by atoms with Crippen LogP contribution in [0.5, 0.6) is 0 Å². The van der Waals surface area contributed by atoms with E-state index in [0.29, 0.717) is 25.8 Å². The van der Waals surface area contributed by atoms with Crippen molar-refractivity contribution >= 4 is 58.0 Å². The van der Waals surface area contributed by atoms with Gasteiger partial charge >= 0.3 is 0 Å². The summed E-state index contributed by atoms with van der Waals surface area (Å²) in [6, 6.07) is 10.7. The molecule has 1 amide bonds. The standard InChI is InChI=1S/C19H18Cl4N2O/c20-14-2-1-13(17(22)9-14)11-25-7-5-12(6-8-25)19(26)24-15-3-4-16(21)18(23)10-15/h1-4,9-10,12H,5-8,11H2,(H,24,26). The van der Waals surface area contributed by atoms with Crippen molar-refractivity contribution in [2.45, 2.75) is 19.4 Å². The van der Waals surface area contributed by atoms with Gasteiger partial charge in [0.05, 0.1) is 10.0 Å². The van der Waals surface area contributed by atoms with Crippen molar-refractivity contribution in [1.82, 2.24) is 4.90 Å². The molecule has 3 rings (SSSR count). The molecule has 0 aliphatic carbocycles. The molecule has 0 bridgehead atoms. The summed E-state index contributed by atoms with van der Waals surface area (Å²) >= 11 is 24.1. The molecule has 0 aromatic heterocycles. The highest BCUT2D eigenvalue weighted by Gasteiger charge is 2.25. The van der Waals surface area contributed by atoms with Gasteiger partial charge in [0.1, 0.15) is 0 Å². The molecule has 1 aliphatic heterocycles. The lowest BCUT2D eigenvalue weighted by Crippen LogP contribution is -2.37. The van der Waals surface area contributed by atoms with Crippen LogP contribution >= 0.6 is 46.4 Å². The fourth-order valence-corrected chi connectivity index (χ4v) is 3.83. The Morgan fingerprint density at radius 2 is 1.69 bits per heavy atom. The van der Waals surface area contributed by atoms with Gasteiger partial charge in [0, 0.05) is 28.2 Å². The summed E-state index contributed by atoms with van der Waals surface area (Å²) in [6.45, 7) is 2.45. The zero-order valence-corrected chi connectivity index (χ0v) is 17.0. The molecular formula is C19H18Cl4N2O. The average molecular weight is 432 g/mol. The van der Waals surface area contributed by atoms with Crippen LogP contribution in [-0.4, -0.2) is 23.9 Å². The molecular weight excluding hydrogens is 414 g/mol. The van der Waals surface area contributed by atoms with Gasteiger partial charge in [0.15, 0.2) is 0 Å². The minimum atomic E-state index is -0.0126. The third-order valence-electron chi connectivity index (χ3n) is 4.55. The molecule has 0 saturated carbocycles. The highest BCUT2D eigenvalue weighted by atomic mass is 35.5. The molecule has 1 fully saturated rings. The van der Waals surface area contributed by atoms with Crippen molar-refractivity contribution in [2.24, 2.45) is 5.92 Å². The average Bonchev–Trinajstić information content (AvgIpc) is 2.61. The van der Waals surface area contributed by atoms with Crippen LogP contribution in [0, 0.1) is 5.92 Å². The molecule has 1 aliphatic rings. The molecule has 1 N–H and O–H groups in total. The first kappa shape index (κ1) is 19.8. The summed E-state index contributed by atoms with van der Waals surface area (Å²) in [5.41, 5.74) is 1.72. The molecule has 3 nitrogen and oxygen atoms in total. The molecule has 0 spiro atoms. The second kappa shape index (κ2) is 8.81. The number of hydrogen-bond acceptors (Lipinski definition) is 2. The van der Waals surface area contributed by atoms with E-state index in [-0.39, 0.29) is 11.8 Å². The van der Waals surface area contributed by atoms with Gasteiger partial charge in [-0.2, -0.15) is 0 Å². The van der Waals surface area contributed by atoms with E-state index in [9.17, 15) is 4.79 Å². The Labute approximate surface area is 173 Å². The molecule has 138 valence electrons. The lowest BCUT2D eigenvalue weighted by molar-refractivity contribution is -0.121. The number of carbonyl (C=O) groups is 1. The van der Waals surface area contributed by atoms with Gasteiger partial charge in [0.2, 0.25) is 5.91 Å². The van der Waals surface area contributed by atoms with Crippen LogP contribution in [0.15, 0.2) is 36.4 Å². The van der Waals surface area contributed by atoms with E-state index >= 15 is 0 Å². The van der Waals surface area contributed by atoms with E-state index in [1.807, 2.05) is 12.1 Å². The summed E-state index contributed by atoms with van der Waals surface area (Å²) in [4.78, 5) is 14.8. The van der Waals surface area contributed by atoms with E-state index in [1.54, 1.807) is 24.3 Å². The van der Waals surface area contributed by atoms with Crippen LogP contribution < -0.4 is 5.32 Å².